The van der Waals surface area contributed by atoms with Crippen LogP contribution in [0.1, 0.15) is 33.6 Å². The van der Waals surface area contributed by atoms with Gasteiger partial charge in [-0.1, -0.05) is 12.1 Å². The SMILES string of the molecule is COc1ccc2c(c1)CN(C(=O)CCC(=O)c1cccs1)CC2. The number of carbonyl (C=O) groups excluding carboxylic acids is 2. The van der Waals surface area contributed by atoms with Crippen LogP contribution in [0.5, 0.6) is 5.75 Å². The molecule has 3 rings (SSSR count). The molecule has 4 nitrogen and oxygen atoms in total. The normalized spacial score (nSPS) is 13.5. The van der Waals surface area contributed by atoms with Gasteiger partial charge in [0.25, 0.3) is 0 Å². The van der Waals surface area contributed by atoms with E-state index in [1.807, 2.05) is 28.5 Å². The minimum Gasteiger partial charge on any atom is -0.497 e. The number of benzene rings is 1. The second-order valence-corrected chi connectivity index (χ2v) is 6.55. The largest absolute Gasteiger partial charge is 0.497 e. The molecule has 0 spiro atoms. The van der Waals surface area contributed by atoms with Gasteiger partial charge in [0.15, 0.2) is 5.78 Å². The summed E-state index contributed by atoms with van der Waals surface area (Å²) >= 11 is 1.42. The summed E-state index contributed by atoms with van der Waals surface area (Å²) in [6.45, 7) is 1.31. The number of amides is 1. The van der Waals surface area contributed by atoms with Crippen molar-refractivity contribution < 1.29 is 14.3 Å². The van der Waals surface area contributed by atoms with E-state index in [0.717, 1.165) is 22.6 Å². The van der Waals surface area contributed by atoms with Gasteiger partial charge in [-0.2, -0.15) is 0 Å². The zero-order valence-corrected chi connectivity index (χ0v) is 13.9. The minimum absolute atomic E-state index is 0.0448. The Balaban J connectivity index is 1.59. The van der Waals surface area contributed by atoms with Gasteiger partial charge in [-0.25, -0.2) is 0 Å². The molecule has 23 heavy (non-hydrogen) atoms. The number of rotatable bonds is 5. The van der Waals surface area contributed by atoms with Crippen LogP contribution >= 0.6 is 11.3 Å². The standard InChI is InChI=1S/C18H19NO3S/c1-22-15-5-4-13-8-9-19(12-14(13)11-15)18(21)7-6-16(20)17-3-2-10-23-17/h2-5,10-11H,6-9,12H2,1H3. The molecule has 1 aliphatic heterocycles. The van der Waals surface area contributed by atoms with Gasteiger partial charge in [0, 0.05) is 25.9 Å². The molecular weight excluding hydrogens is 310 g/mol. The Hall–Kier alpha value is -2.14. The molecule has 0 saturated carbocycles. The molecule has 2 aromatic rings. The molecule has 5 heteroatoms. The predicted octanol–water partition coefficient (Wildman–Crippen LogP) is 3.30. The molecule has 0 atom stereocenters. The van der Waals surface area contributed by atoms with Crippen molar-refractivity contribution in [2.24, 2.45) is 0 Å². The Morgan fingerprint density at radius 2 is 2.09 bits per heavy atom. The topological polar surface area (TPSA) is 46.6 Å². The molecule has 0 aliphatic carbocycles. The quantitative estimate of drug-likeness (QED) is 0.791. The highest BCUT2D eigenvalue weighted by Gasteiger charge is 2.21. The second kappa shape index (κ2) is 6.96. The summed E-state index contributed by atoms with van der Waals surface area (Å²) in [5, 5.41) is 1.88. The molecule has 1 aromatic carbocycles. The van der Waals surface area contributed by atoms with Crippen molar-refractivity contribution >= 4 is 23.0 Å². The third kappa shape index (κ3) is 3.62. The Morgan fingerprint density at radius 3 is 2.83 bits per heavy atom. The number of methoxy groups -OCH3 is 1. The number of carbonyl (C=O) groups is 2. The van der Waals surface area contributed by atoms with E-state index in [1.165, 1.54) is 16.9 Å². The number of hydrogen-bond donors (Lipinski definition) is 0. The van der Waals surface area contributed by atoms with Gasteiger partial charge in [0.1, 0.15) is 5.75 Å². The van der Waals surface area contributed by atoms with Crippen molar-refractivity contribution in [3.63, 3.8) is 0 Å². The number of Topliss-reactive ketones (excluding diaryl/α,β-unsaturated/α-hetero) is 1. The summed E-state index contributed by atoms with van der Waals surface area (Å²) in [7, 11) is 1.64. The second-order valence-electron chi connectivity index (χ2n) is 5.60. The summed E-state index contributed by atoms with van der Waals surface area (Å²) in [5.41, 5.74) is 2.40. The predicted molar refractivity (Wildman–Crippen MR) is 90.0 cm³/mol. The van der Waals surface area contributed by atoms with Crippen LogP contribution in [0.2, 0.25) is 0 Å². The Morgan fingerprint density at radius 1 is 1.22 bits per heavy atom. The molecule has 0 bridgehead atoms. The lowest BCUT2D eigenvalue weighted by Gasteiger charge is -2.29. The zero-order chi connectivity index (χ0) is 16.2. The summed E-state index contributed by atoms with van der Waals surface area (Å²) in [6.07, 6.45) is 1.40. The van der Waals surface area contributed by atoms with Gasteiger partial charge in [-0.05, 0) is 41.1 Å². The van der Waals surface area contributed by atoms with E-state index in [4.69, 9.17) is 4.74 Å². The van der Waals surface area contributed by atoms with E-state index < -0.39 is 0 Å². The van der Waals surface area contributed by atoms with Crippen LogP contribution in [-0.4, -0.2) is 30.2 Å². The maximum Gasteiger partial charge on any atom is 0.223 e. The van der Waals surface area contributed by atoms with Gasteiger partial charge in [0.2, 0.25) is 5.91 Å². The molecule has 2 heterocycles. The first-order valence-electron chi connectivity index (χ1n) is 7.67. The van der Waals surface area contributed by atoms with Crippen molar-refractivity contribution in [1.29, 1.82) is 0 Å². The maximum absolute atomic E-state index is 12.4. The number of thiophene rings is 1. The van der Waals surface area contributed by atoms with Gasteiger partial charge in [-0.15, -0.1) is 11.3 Å². The molecule has 120 valence electrons. The number of ether oxygens (including phenoxy) is 1. The lowest BCUT2D eigenvalue weighted by atomic mass is 9.99. The number of ketones is 1. The molecule has 1 amide bonds. The van der Waals surface area contributed by atoms with Gasteiger partial charge >= 0.3 is 0 Å². The summed E-state index contributed by atoms with van der Waals surface area (Å²) in [5.74, 6) is 0.904. The fourth-order valence-corrected chi connectivity index (χ4v) is 3.51. The fraction of sp³-hybridized carbons (Fsp3) is 0.333. The number of nitrogens with zero attached hydrogens (tertiary/aromatic N) is 1. The van der Waals surface area contributed by atoms with Crippen LogP contribution in [0, 0.1) is 0 Å². The maximum atomic E-state index is 12.4. The monoisotopic (exact) mass is 329 g/mol. The number of fused-ring (bicyclic) bond motifs is 1. The van der Waals surface area contributed by atoms with Crippen LogP contribution in [0.25, 0.3) is 0 Å². The molecule has 0 fully saturated rings. The lowest BCUT2D eigenvalue weighted by Crippen LogP contribution is -2.36. The van der Waals surface area contributed by atoms with E-state index in [0.29, 0.717) is 13.1 Å². The third-order valence-electron chi connectivity index (χ3n) is 4.14. The average molecular weight is 329 g/mol. The van der Waals surface area contributed by atoms with Gasteiger partial charge < -0.3 is 9.64 Å². The molecule has 0 radical (unpaired) electrons. The van der Waals surface area contributed by atoms with Gasteiger partial charge in [-0.3, -0.25) is 9.59 Å². The van der Waals surface area contributed by atoms with Crippen molar-refractivity contribution in [2.75, 3.05) is 13.7 Å². The highest BCUT2D eigenvalue weighted by molar-refractivity contribution is 7.12. The minimum atomic E-state index is 0.0448. The summed E-state index contributed by atoms with van der Waals surface area (Å²) in [4.78, 5) is 26.9. The average Bonchev–Trinajstić information content (AvgIpc) is 3.13. The van der Waals surface area contributed by atoms with E-state index in [1.54, 1.807) is 13.2 Å². The Bertz CT molecular complexity index is 709. The molecule has 0 unspecified atom stereocenters. The van der Waals surface area contributed by atoms with Crippen LogP contribution in [0.15, 0.2) is 35.7 Å². The Kier molecular flexibility index (Phi) is 4.76. The lowest BCUT2D eigenvalue weighted by molar-refractivity contribution is -0.132. The Labute approximate surface area is 139 Å². The smallest absolute Gasteiger partial charge is 0.223 e. The molecule has 0 N–H and O–H groups in total. The first-order chi connectivity index (χ1) is 11.2. The fourth-order valence-electron chi connectivity index (χ4n) is 2.81. The highest BCUT2D eigenvalue weighted by atomic mass is 32.1. The van der Waals surface area contributed by atoms with E-state index in [9.17, 15) is 9.59 Å². The van der Waals surface area contributed by atoms with Crippen molar-refractivity contribution in [2.45, 2.75) is 25.8 Å². The molecular formula is C18H19NO3S. The third-order valence-corrected chi connectivity index (χ3v) is 5.05. The van der Waals surface area contributed by atoms with Crippen LogP contribution in [-0.2, 0) is 17.8 Å². The highest BCUT2D eigenvalue weighted by Crippen LogP contribution is 2.24. The van der Waals surface area contributed by atoms with E-state index in [-0.39, 0.29) is 24.5 Å². The molecule has 1 aromatic heterocycles. The molecule has 0 saturated heterocycles. The molecule has 1 aliphatic rings. The van der Waals surface area contributed by atoms with Crippen LogP contribution < -0.4 is 4.74 Å². The van der Waals surface area contributed by atoms with E-state index in [2.05, 4.69) is 6.07 Å². The van der Waals surface area contributed by atoms with Crippen LogP contribution in [0.4, 0.5) is 0 Å². The van der Waals surface area contributed by atoms with Crippen molar-refractivity contribution in [1.82, 2.24) is 4.90 Å². The summed E-state index contributed by atoms with van der Waals surface area (Å²) in [6, 6.07) is 9.67. The first kappa shape index (κ1) is 15.7. The zero-order valence-electron chi connectivity index (χ0n) is 13.1. The van der Waals surface area contributed by atoms with Crippen molar-refractivity contribution in [3.05, 3.63) is 51.7 Å². The van der Waals surface area contributed by atoms with Crippen LogP contribution in [0.3, 0.4) is 0 Å². The first-order valence-corrected chi connectivity index (χ1v) is 8.55. The van der Waals surface area contributed by atoms with Gasteiger partial charge in [0.05, 0.1) is 12.0 Å². The van der Waals surface area contributed by atoms with E-state index >= 15 is 0 Å². The van der Waals surface area contributed by atoms with Crippen molar-refractivity contribution in [3.8, 4) is 5.75 Å². The summed E-state index contributed by atoms with van der Waals surface area (Å²) < 4.78 is 5.25. The number of hydrogen-bond acceptors (Lipinski definition) is 4.